The highest BCUT2D eigenvalue weighted by atomic mass is 32.2. The molecule has 0 amide bonds. The highest BCUT2D eigenvalue weighted by Crippen LogP contribution is 2.27. The van der Waals surface area contributed by atoms with Crippen molar-refractivity contribution in [1.29, 1.82) is 0 Å². The lowest BCUT2D eigenvalue weighted by atomic mass is 10.4. The van der Waals surface area contributed by atoms with Gasteiger partial charge in [-0.25, -0.2) is 14.4 Å². The van der Waals surface area contributed by atoms with E-state index in [1.54, 1.807) is 12.1 Å². The van der Waals surface area contributed by atoms with Gasteiger partial charge in [-0.05, 0) is 25.1 Å². The number of halogens is 1. The molecule has 0 atom stereocenters. The molecule has 0 saturated carbocycles. The van der Waals surface area contributed by atoms with Gasteiger partial charge >= 0.3 is 0 Å². The molecule has 1 aromatic heterocycles. The van der Waals surface area contributed by atoms with Crippen LogP contribution in [0.2, 0.25) is 0 Å². The minimum atomic E-state index is -0.276. The van der Waals surface area contributed by atoms with E-state index in [0.717, 1.165) is 4.90 Å². The Kier molecular flexibility index (Phi) is 4.70. The van der Waals surface area contributed by atoms with Gasteiger partial charge in [-0.3, -0.25) is 0 Å². The van der Waals surface area contributed by atoms with E-state index in [-0.39, 0.29) is 5.82 Å². The van der Waals surface area contributed by atoms with Crippen molar-refractivity contribution in [2.45, 2.75) is 23.5 Å². The Bertz CT molecular complexity index is 565. The fraction of sp³-hybridized carbons (Fsp3) is 0.231. The van der Waals surface area contributed by atoms with Crippen molar-refractivity contribution in [3.8, 4) is 0 Å². The molecule has 19 heavy (non-hydrogen) atoms. The van der Waals surface area contributed by atoms with Gasteiger partial charge in [-0.2, -0.15) is 0 Å². The Balaban J connectivity index is 2.17. The third-order valence-electron chi connectivity index (χ3n) is 2.22. The largest absolute Gasteiger partial charge is 0.384 e. The van der Waals surface area contributed by atoms with Crippen LogP contribution in [0.1, 0.15) is 12.7 Å². The molecule has 6 heteroatoms. The first kappa shape index (κ1) is 13.8. The van der Waals surface area contributed by atoms with Gasteiger partial charge in [0.25, 0.3) is 0 Å². The predicted octanol–water partition coefficient (Wildman–Crippen LogP) is 2.89. The molecular weight excluding hydrogens is 265 g/mol. The number of ether oxygens (including phenoxy) is 1. The number of hydrogen-bond acceptors (Lipinski definition) is 5. The lowest BCUT2D eigenvalue weighted by molar-refractivity contribution is 0.128. The van der Waals surface area contributed by atoms with E-state index < -0.39 is 0 Å². The molecule has 0 saturated heterocycles. The number of nitrogens with zero attached hydrogens (tertiary/aromatic N) is 2. The second-order valence-electron chi connectivity index (χ2n) is 3.74. The smallest absolute Gasteiger partial charge is 0.157 e. The molecule has 1 aromatic carbocycles. The van der Waals surface area contributed by atoms with E-state index in [1.165, 1.54) is 23.9 Å². The molecule has 0 aliphatic carbocycles. The topological polar surface area (TPSA) is 61.0 Å². The first-order valence-corrected chi connectivity index (χ1v) is 6.63. The number of anilines is 1. The third-order valence-corrected chi connectivity index (χ3v) is 3.13. The molecule has 4 nitrogen and oxygen atoms in total. The summed E-state index contributed by atoms with van der Waals surface area (Å²) < 4.78 is 18.4. The summed E-state index contributed by atoms with van der Waals surface area (Å²) in [6.07, 6.45) is 0. The average molecular weight is 279 g/mol. The van der Waals surface area contributed by atoms with Crippen LogP contribution in [0.4, 0.5) is 10.2 Å². The zero-order chi connectivity index (χ0) is 13.7. The fourth-order valence-electron chi connectivity index (χ4n) is 1.45. The number of hydrogen-bond donors (Lipinski definition) is 1. The van der Waals surface area contributed by atoms with Crippen LogP contribution in [0.5, 0.6) is 0 Å². The predicted molar refractivity (Wildman–Crippen MR) is 72.3 cm³/mol. The Hall–Kier alpha value is -1.66. The zero-order valence-corrected chi connectivity index (χ0v) is 11.3. The average Bonchev–Trinajstić information content (AvgIpc) is 2.35. The maximum absolute atomic E-state index is 13.1. The van der Waals surface area contributed by atoms with Crippen LogP contribution in [0.15, 0.2) is 40.3 Å². The molecule has 0 radical (unpaired) electrons. The van der Waals surface area contributed by atoms with Crippen molar-refractivity contribution in [2.24, 2.45) is 0 Å². The highest BCUT2D eigenvalue weighted by molar-refractivity contribution is 7.99. The molecule has 0 spiro atoms. The van der Waals surface area contributed by atoms with Gasteiger partial charge < -0.3 is 10.5 Å². The van der Waals surface area contributed by atoms with E-state index in [0.29, 0.717) is 29.9 Å². The summed E-state index contributed by atoms with van der Waals surface area (Å²) in [7, 11) is 0. The summed E-state index contributed by atoms with van der Waals surface area (Å²) in [6, 6.07) is 7.98. The summed E-state index contributed by atoms with van der Waals surface area (Å²) in [5.74, 6) is 0.630. The number of aromatic nitrogens is 2. The molecule has 2 aromatic rings. The van der Waals surface area contributed by atoms with Gasteiger partial charge in [-0.1, -0.05) is 17.8 Å². The zero-order valence-electron chi connectivity index (χ0n) is 10.5. The quantitative estimate of drug-likeness (QED) is 0.853. The van der Waals surface area contributed by atoms with Crippen molar-refractivity contribution in [1.82, 2.24) is 9.97 Å². The molecule has 0 aliphatic rings. The van der Waals surface area contributed by atoms with Crippen molar-refractivity contribution in [3.05, 3.63) is 42.0 Å². The number of rotatable bonds is 5. The van der Waals surface area contributed by atoms with Gasteiger partial charge in [0.05, 0.1) is 0 Å². The summed E-state index contributed by atoms with van der Waals surface area (Å²) in [4.78, 5) is 9.17. The molecule has 2 rings (SSSR count). The Morgan fingerprint density at radius 1 is 1.32 bits per heavy atom. The van der Waals surface area contributed by atoms with E-state index in [1.807, 2.05) is 13.0 Å². The first-order valence-electron chi connectivity index (χ1n) is 5.82. The van der Waals surface area contributed by atoms with Crippen LogP contribution in [-0.4, -0.2) is 16.6 Å². The van der Waals surface area contributed by atoms with Crippen molar-refractivity contribution >= 4 is 17.6 Å². The lowest BCUT2D eigenvalue weighted by Gasteiger charge is -2.05. The van der Waals surface area contributed by atoms with Crippen LogP contribution < -0.4 is 5.73 Å². The molecule has 0 aliphatic heterocycles. The summed E-state index contributed by atoms with van der Waals surface area (Å²) in [5, 5.41) is 0.674. The highest BCUT2D eigenvalue weighted by Gasteiger charge is 2.05. The summed E-state index contributed by atoms with van der Waals surface area (Å²) in [6.45, 7) is 2.80. The summed E-state index contributed by atoms with van der Waals surface area (Å²) in [5.41, 5.74) is 5.72. The Morgan fingerprint density at radius 3 is 2.89 bits per heavy atom. The van der Waals surface area contributed by atoms with Crippen molar-refractivity contribution in [2.75, 3.05) is 12.3 Å². The molecule has 0 bridgehead atoms. The van der Waals surface area contributed by atoms with Crippen LogP contribution in [-0.2, 0) is 11.3 Å². The van der Waals surface area contributed by atoms with E-state index in [9.17, 15) is 4.39 Å². The molecular formula is C13H14FN3OS. The second-order valence-corrected chi connectivity index (χ2v) is 4.84. The van der Waals surface area contributed by atoms with E-state index in [4.69, 9.17) is 10.5 Å². The fourth-order valence-corrected chi connectivity index (χ4v) is 2.34. The maximum Gasteiger partial charge on any atom is 0.157 e. The molecule has 2 N–H and O–H groups in total. The molecule has 1 heterocycles. The minimum absolute atomic E-state index is 0.276. The van der Waals surface area contributed by atoms with Crippen LogP contribution in [0, 0.1) is 5.82 Å². The molecule has 0 fully saturated rings. The first-order chi connectivity index (χ1) is 9.17. The molecule has 100 valence electrons. The monoisotopic (exact) mass is 279 g/mol. The number of nitrogens with two attached hydrogens (primary N) is 1. The second kappa shape index (κ2) is 6.49. The van der Waals surface area contributed by atoms with E-state index >= 15 is 0 Å². The SMILES string of the molecule is CCOCc1nc(N)cc(Sc2cccc(F)c2)n1. The van der Waals surface area contributed by atoms with Gasteiger partial charge in [0.2, 0.25) is 0 Å². The molecule has 0 unspecified atom stereocenters. The van der Waals surface area contributed by atoms with Gasteiger partial charge in [0.15, 0.2) is 5.82 Å². The van der Waals surface area contributed by atoms with Crippen molar-refractivity contribution in [3.63, 3.8) is 0 Å². The van der Waals surface area contributed by atoms with Gasteiger partial charge in [0.1, 0.15) is 23.3 Å². The number of benzene rings is 1. The number of nitrogen functional groups attached to an aromatic ring is 1. The van der Waals surface area contributed by atoms with E-state index in [2.05, 4.69) is 9.97 Å². The Morgan fingerprint density at radius 2 is 2.16 bits per heavy atom. The lowest BCUT2D eigenvalue weighted by Crippen LogP contribution is -2.03. The maximum atomic E-state index is 13.1. The van der Waals surface area contributed by atoms with Crippen molar-refractivity contribution < 1.29 is 9.13 Å². The van der Waals surface area contributed by atoms with Gasteiger partial charge in [0, 0.05) is 17.6 Å². The third kappa shape index (κ3) is 4.18. The van der Waals surface area contributed by atoms with Crippen LogP contribution in [0.25, 0.3) is 0 Å². The Labute approximate surface area is 115 Å². The van der Waals surface area contributed by atoms with Crippen LogP contribution in [0.3, 0.4) is 0 Å². The standard InChI is InChI=1S/C13H14FN3OS/c1-2-18-8-12-16-11(15)7-13(17-12)19-10-5-3-4-9(14)6-10/h3-7H,2,8H2,1H3,(H2,15,16,17). The van der Waals surface area contributed by atoms with Crippen LogP contribution >= 0.6 is 11.8 Å². The summed E-state index contributed by atoms with van der Waals surface area (Å²) >= 11 is 1.34. The minimum Gasteiger partial charge on any atom is -0.384 e. The van der Waals surface area contributed by atoms with Gasteiger partial charge in [-0.15, -0.1) is 0 Å². The normalized spacial score (nSPS) is 10.6.